The molecule has 6 atom stereocenters. The number of likely N-dealkylation sites (N-methyl/N-ethyl adjacent to an activating group) is 1. The molecular weight excluding hydrogens is 486 g/mol. The molecule has 9 nitrogen and oxygen atoms in total. The van der Waals surface area contributed by atoms with Crippen LogP contribution < -0.4 is 9.64 Å². The number of benzene rings is 1. The lowest BCUT2D eigenvalue weighted by Gasteiger charge is -2.39. The number of rotatable bonds is 11. The Balaban J connectivity index is 1.83. The lowest BCUT2D eigenvalue weighted by Crippen LogP contribution is -2.59. The van der Waals surface area contributed by atoms with Crippen molar-refractivity contribution in [2.45, 2.75) is 56.4 Å². The second kappa shape index (κ2) is 10.5. The minimum atomic E-state index is -1.17. The number of aliphatic hydroxyl groups excluding tert-OH is 1. The van der Waals surface area contributed by atoms with Gasteiger partial charge in [-0.25, -0.2) is 0 Å². The van der Waals surface area contributed by atoms with Crippen LogP contribution in [0.4, 0.5) is 5.69 Å². The summed E-state index contributed by atoms with van der Waals surface area (Å²) in [5, 5.41) is 10.3. The van der Waals surface area contributed by atoms with Gasteiger partial charge in [0, 0.05) is 25.8 Å². The first kappa shape index (κ1) is 27.9. The van der Waals surface area contributed by atoms with Crippen molar-refractivity contribution in [2.24, 2.45) is 11.8 Å². The molecule has 9 heteroatoms. The number of ether oxygens (including phenoxy) is 2. The van der Waals surface area contributed by atoms with Crippen molar-refractivity contribution >= 4 is 23.4 Å². The Bertz CT molecular complexity index is 1100. The Kier molecular flexibility index (Phi) is 7.72. The molecule has 0 saturated carbocycles. The van der Waals surface area contributed by atoms with Gasteiger partial charge in [-0.15, -0.1) is 13.2 Å². The first-order chi connectivity index (χ1) is 18.1. The zero-order chi connectivity index (χ0) is 27.8. The second-order valence-corrected chi connectivity index (χ2v) is 10.7. The summed E-state index contributed by atoms with van der Waals surface area (Å²) in [5.74, 6) is -1.74. The van der Waals surface area contributed by atoms with Crippen LogP contribution in [0.3, 0.4) is 0 Å². The molecule has 3 aliphatic heterocycles. The molecule has 3 heterocycles. The summed E-state index contributed by atoms with van der Waals surface area (Å²) in [6.07, 6.45) is 4.73. The van der Waals surface area contributed by atoms with Gasteiger partial charge in [-0.1, -0.05) is 19.1 Å². The normalized spacial score (nSPS) is 30.1. The molecule has 1 aromatic rings. The number of hydrogen-bond acceptors (Lipinski definition) is 6. The van der Waals surface area contributed by atoms with E-state index in [2.05, 4.69) is 13.2 Å². The van der Waals surface area contributed by atoms with Gasteiger partial charge in [0.2, 0.25) is 11.8 Å². The molecule has 4 rings (SSSR count). The minimum Gasteiger partial charge on any atom is -0.497 e. The topological polar surface area (TPSA) is 99.6 Å². The summed E-state index contributed by atoms with van der Waals surface area (Å²) in [7, 11) is 3.26. The third-order valence-electron chi connectivity index (χ3n) is 8.53. The zero-order valence-corrected chi connectivity index (χ0v) is 22.8. The molecule has 3 amide bonds. The van der Waals surface area contributed by atoms with Crippen LogP contribution in [0.25, 0.3) is 0 Å². The maximum absolute atomic E-state index is 14.5. The maximum Gasteiger partial charge on any atom is 0.253 e. The van der Waals surface area contributed by atoms with E-state index in [4.69, 9.17) is 9.47 Å². The van der Waals surface area contributed by atoms with Crippen LogP contribution in [0.2, 0.25) is 0 Å². The highest BCUT2D eigenvalue weighted by molar-refractivity contribution is 6.05. The van der Waals surface area contributed by atoms with Crippen LogP contribution in [-0.4, -0.2) is 89.8 Å². The predicted octanol–water partition coefficient (Wildman–Crippen LogP) is 2.39. The molecule has 3 saturated heterocycles. The third-order valence-corrected chi connectivity index (χ3v) is 8.53. The number of anilines is 1. The molecule has 0 radical (unpaired) electrons. The molecule has 3 fully saturated rings. The Morgan fingerprint density at radius 2 is 1.87 bits per heavy atom. The number of hydrogen-bond donors (Lipinski definition) is 1. The Labute approximate surface area is 224 Å². The summed E-state index contributed by atoms with van der Waals surface area (Å²) in [6, 6.07) is 5.51. The Morgan fingerprint density at radius 1 is 1.21 bits per heavy atom. The monoisotopic (exact) mass is 525 g/mol. The number of carbonyl (C=O) groups is 3. The van der Waals surface area contributed by atoms with E-state index in [9.17, 15) is 19.5 Å². The van der Waals surface area contributed by atoms with E-state index in [-0.39, 0.29) is 30.9 Å². The Hall–Kier alpha value is -3.17. The SMILES string of the molecule is C=CCN(C)C(=O)[C@@H]1[C@H]2C(=O)N([C@@H](CC)CO)C(C(=O)N(CC=C)c3ccc(OC)cc3)C23CC[C@@]1(C)O3. The number of methoxy groups -OCH3 is 1. The van der Waals surface area contributed by atoms with Crippen molar-refractivity contribution in [2.75, 3.05) is 38.8 Å². The van der Waals surface area contributed by atoms with Crippen LogP contribution in [-0.2, 0) is 19.1 Å². The van der Waals surface area contributed by atoms with Gasteiger partial charge < -0.3 is 29.3 Å². The number of carbonyl (C=O) groups excluding carboxylic acids is 3. The van der Waals surface area contributed by atoms with Crippen molar-refractivity contribution in [3.8, 4) is 5.75 Å². The highest BCUT2D eigenvalue weighted by atomic mass is 16.5. The molecule has 1 N–H and O–H groups in total. The largest absolute Gasteiger partial charge is 0.497 e. The molecule has 2 bridgehead atoms. The number of likely N-dealkylation sites (tertiary alicyclic amines) is 1. The van der Waals surface area contributed by atoms with E-state index < -0.39 is 35.1 Å². The summed E-state index contributed by atoms with van der Waals surface area (Å²) in [5.41, 5.74) is -1.42. The summed E-state index contributed by atoms with van der Waals surface area (Å²) >= 11 is 0. The van der Waals surface area contributed by atoms with E-state index >= 15 is 0 Å². The standard InChI is InChI=1S/C29H39N3O6/c1-7-16-30(5)25(34)22-23-26(35)32(19(9-3)18-33)24(29(23)15-14-28(22,4)38-29)27(36)31(17-8-2)20-10-12-21(37-6)13-11-20/h7-8,10-13,19,22-24,33H,1-2,9,14-18H2,3-6H3/t19-,22-,23-,24?,28+,29?/m0/s1. The maximum atomic E-state index is 14.5. The van der Waals surface area contributed by atoms with Crippen molar-refractivity contribution in [3.63, 3.8) is 0 Å². The molecule has 2 unspecified atom stereocenters. The fourth-order valence-corrected chi connectivity index (χ4v) is 6.71. The average Bonchev–Trinajstić information content (AvgIpc) is 3.48. The number of fused-ring (bicyclic) bond motifs is 1. The van der Waals surface area contributed by atoms with E-state index in [1.165, 1.54) is 4.90 Å². The summed E-state index contributed by atoms with van der Waals surface area (Å²) in [6.45, 7) is 11.6. The van der Waals surface area contributed by atoms with E-state index in [1.54, 1.807) is 60.4 Å². The average molecular weight is 526 g/mol. The van der Waals surface area contributed by atoms with Crippen LogP contribution in [0.5, 0.6) is 5.75 Å². The van der Waals surface area contributed by atoms with Crippen molar-refractivity contribution in [1.29, 1.82) is 0 Å². The van der Waals surface area contributed by atoms with Crippen molar-refractivity contribution in [1.82, 2.24) is 9.80 Å². The van der Waals surface area contributed by atoms with Crippen molar-refractivity contribution < 1.29 is 29.0 Å². The van der Waals surface area contributed by atoms with E-state index in [1.807, 2.05) is 13.8 Å². The third kappa shape index (κ3) is 4.12. The molecule has 0 aromatic heterocycles. The van der Waals surface area contributed by atoms with Crippen LogP contribution >= 0.6 is 0 Å². The fourth-order valence-electron chi connectivity index (χ4n) is 6.71. The van der Waals surface area contributed by atoms with Crippen LogP contribution in [0, 0.1) is 11.8 Å². The first-order valence-electron chi connectivity index (χ1n) is 13.2. The van der Waals surface area contributed by atoms with Gasteiger partial charge in [-0.3, -0.25) is 14.4 Å². The number of aliphatic hydroxyl groups is 1. The van der Waals surface area contributed by atoms with Gasteiger partial charge in [-0.2, -0.15) is 0 Å². The van der Waals surface area contributed by atoms with Gasteiger partial charge >= 0.3 is 0 Å². The lowest BCUT2D eigenvalue weighted by atomic mass is 9.66. The number of nitrogens with zero attached hydrogens (tertiary/aromatic N) is 3. The molecule has 1 spiro atoms. The molecule has 1 aromatic carbocycles. The molecule has 0 aliphatic carbocycles. The second-order valence-electron chi connectivity index (χ2n) is 10.7. The lowest BCUT2D eigenvalue weighted by molar-refractivity contribution is -0.151. The van der Waals surface area contributed by atoms with E-state index in [0.717, 1.165) is 0 Å². The van der Waals surface area contributed by atoms with Crippen LogP contribution in [0.15, 0.2) is 49.6 Å². The van der Waals surface area contributed by atoms with Gasteiger partial charge in [0.1, 0.15) is 17.4 Å². The van der Waals surface area contributed by atoms with Crippen LogP contribution in [0.1, 0.15) is 33.1 Å². The zero-order valence-electron chi connectivity index (χ0n) is 22.8. The number of amides is 3. The van der Waals surface area contributed by atoms with Gasteiger partial charge in [0.05, 0.1) is 37.2 Å². The summed E-state index contributed by atoms with van der Waals surface area (Å²) in [4.78, 5) is 47.1. The first-order valence-corrected chi connectivity index (χ1v) is 13.2. The van der Waals surface area contributed by atoms with Crippen molar-refractivity contribution in [3.05, 3.63) is 49.6 Å². The Morgan fingerprint density at radius 3 is 2.42 bits per heavy atom. The van der Waals surface area contributed by atoms with Gasteiger partial charge in [0.15, 0.2) is 0 Å². The minimum absolute atomic E-state index is 0.199. The van der Waals surface area contributed by atoms with E-state index in [0.29, 0.717) is 37.2 Å². The quantitative estimate of drug-likeness (QED) is 0.446. The van der Waals surface area contributed by atoms with Gasteiger partial charge in [0.25, 0.3) is 5.91 Å². The molecular formula is C29H39N3O6. The molecule has 3 aliphatic rings. The fraction of sp³-hybridized carbons (Fsp3) is 0.552. The molecule has 38 heavy (non-hydrogen) atoms. The highest BCUT2D eigenvalue weighted by Crippen LogP contribution is 2.64. The predicted molar refractivity (Wildman–Crippen MR) is 144 cm³/mol. The summed E-state index contributed by atoms with van der Waals surface area (Å²) < 4.78 is 12.0. The molecule has 206 valence electrons. The smallest absolute Gasteiger partial charge is 0.253 e. The van der Waals surface area contributed by atoms with Gasteiger partial charge in [-0.05, 0) is 50.5 Å². The highest BCUT2D eigenvalue weighted by Gasteiger charge is 2.78.